The van der Waals surface area contributed by atoms with Crippen LogP contribution in [0.5, 0.6) is 0 Å². The normalized spacial score (nSPS) is 18.0. The summed E-state index contributed by atoms with van der Waals surface area (Å²) in [5, 5.41) is 0. The van der Waals surface area contributed by atoms with E-state index in [0.717, 1.165) is 25.0 Å². The molecule has 0 aliphatic heterocycles. The van der Waals surface area contributed by atoms with Crippen LogP contribution in [0.15, 0.2) is 23.1 Å². The average molecular weight is 258 g/mol. The minimum absolute atomic E-state index is 0.166. The number of hydrogen-bond donors (Lipinski definition) is 2. The van der Waals surface area contributed by atoms with Gasteiger partial charge in [-0.15, -0.1) is 0 Å². The Morgan fingerprint density at radius 1 is 1.47 bits per heavy atom. The van der Waals surface area contributed by atoms with Gasteiger partial charge in [-0.05, 0) is 43.9 Å². The second kappa shape index (κ2) is 4.27. The van der Waals surface area contributed by atoms with Crippen molar-refractivity contribution >= 4 is 15.7 Å². The first kappa shape index (κ1) is 12.3. The molecule has 1 saturated carbocycles. The minimum Gasteiger partial charge on any atom is -0.399 e. The number of benzene rings is 1. The predicted molar refractivity (Wildman–Crippen MR) is 63.3 cm³/mol. The highest BCUT2D eigenvalue weighted by molar-refractivity contribution is 7.89. The zero-order chi connectivity index (χ0) is 12.6. The van der Waals surface area contributed by atoms with E-state index in [1.807, 2.05) is 0 Å². The average Bonchev–Trinajstić information content (AvgIpc) is 3.04. The van der Waals surface area contributed by atoms with Crippen LogP contribution in [0, 0.1) is 11.7 Å². The van der Waals surface area contributed by atoms with Gasteiger partial charge < -0.3 is 5.73 Å². The SMILES string of the molecule is CC(NS(=O)(=O)c1cc(N)ccc1F)C1CC1. The highest BCUT2D eigenvalue weighted by atomic mass is 32.2. The first-order valence-electron chi connectivity index (χ1n) is 5.47. The van der Waals surface area contributed by atoms with Gasteiger partial charge in [-0.25, -0.2) is 17.5 Å². The Morgan fingerprint density at radius 2 is 2.12 bits per heavy atom. The van der Waals surface area contributed by atoms with Crippen LogP contribution in [0.1, 0.15) is 19.8 Å². The molecule has 0 amide bonds. The number of nitrogens with two attached hydrogens (primary N) is 1. The van der Waals surface area contributed by atoms with Crippen molar-refractivity contribution in [3.8, 4) is 0 Å². The molecular formula is C11H15FN2O2S. The van der Waals surface area contributed by atoms with Crippen molar-refractivity contribution in [2.24, 2.45) is 5.92 Å². The topological polar surface area (TPSA) is 72.2 Å². The Kier molecular flexibility index (Phi) is 3.09. The van der Waals surface area contributed by atoms with E-state index in [0.29, 0.717) is 5.92 Å². The summed E-state index contributed by atoms with van der Waals surface area (Å²) in [5.74, 6) is -0.413. The number of halogens is 1. The van der Waals surface area contributed by atoms with Gasteiger partial charge in [0.1, 0.15) is 10.7 Å². The van der Waals surface area contributed by atoms with E-state index in [4.69, 9.17) is 5.73 Å². The molecule has 0 spiro atoms. The largest absolute Gasteiger partial charge is 0.399 e. The third kappa shape index (κ3) is 2.76. The maximum atomic E-state index is 13.5. The maximum Gasteiger partial charge on any atom is 0.243 e. The summed E-state index contributed by atoms with van der Waals surface area (Å²) >= 11 is 0. The highest BCUT2D eigenvalue weighted by Gasteiger charge is 2.32. The van der Waals surface area contributed by atoms with Crippen molar-refractivity contribution in [3.63, 3.8) is 0 Å². The van der Waals surface area contributed by atoms with Crippen molar-refractivity contribution < 1.29 is 12.8 Å². The summed E-state index contributed by atoms with van der Waals surface area (Å²) in [5.41, 5.74) is 5.70. The Morgan fingerprint density at radius 3 is 2.71 bits per heavy atom. The van der Waals surface area contributed by atoms with E-state index in [2.05, 4.69) is 4.72 Å². The van der Waals surface area contributed by atoms with E-state index in [-0.39, 0.29) is 16.6 Å². The van der Waals surface area contributed by atoms with Crippen molar-refractivity contribution in [1.82, 2.24) is 4.72 Å². The summed E-state index contributed by atoms with van der Waals surface area (Å²) in [6.45, 7) is 1.79. The fourth-order valence-electron chi connectivity index (χ4n) is 1.73. The molecule has 1 aliphatic rings. The lowest BCUT2D eigenvalue weighted by atomic mass is 10.2. The van der Waals surface area contributed by atoms with E-state index in [9.17, 15) is 12.8 Å². The molecule has 4 nitrogen and oxygen atoms in total. The standard InChI is InChI=1S/C11H15FN2O2S/c1-7(8-2-3-8)14-17(15,16)11-6-9(13)4-5-10(11)12/h4-8,14H,2-3,13H2,1H3. The minimum atomic E-state index is -3.82. The molecule has 1 aromatic rings. The van der Waals surface area contributed by atoms with E-state index in [1.54, 1.807) is 6.92 Å². The van der Waals surface area contributed by atoms with Gasteiger partial charge in [-0.2, -0.15) is 0 Å². The van der Waals surface area contributed by atoms with Crippen LogP contribution < -0.4 is 10.5 Å². The lowest BCUT2D eigenvalue weighted by Gasteiger charge is -2.13. The second-order valence-electron chi connectivity index (χ2n) is 4.44. The molecule has 0 bridgehead atoms. The predicted octanol–water partition coefficient (Wildman–Crippen LogP) is 1.48. The number of nitrogens with one attached hydrogen (secondary N) is 1. The van der Waals surface area contributed by atoms with Gasteiger partial charge in [0.25, 0.3) is 0 Å². The second-order valence-corrected chi connectivity index (χ2v) is 6.12. The van der Waals surface area contributed by atoms with Crippen LogP contribution in [-0.4, -0.2) is 14.5 Å². The van der Waals surface area contributed by atoms with Gasteiger partial charge in [0.2, 0.25) is 10.0 Å². The number of rotatable bonds is 4. The van der Waals surface area contributed by atoms with Crippen LogP contribution in [0.4, 0.5) is 10.1 Å². The molecule has 0 aromatic heterocycles. The summed E-state index contributed by atoms with van der Waals surface area (Å²) < 4.78 is 39.8. The van der Waals surface area contributed by atoms with Crippen LogP contribution in [-0.2, 0) is 10.0 Å². The van der Waals surface area contributed by atoms with Crippen LogP contribution in [0.2, 0.25) is 0 Å². The molecule has 94 valence electrons. The van der Waals surface area contributed by atoms with Crippen LogP contribution in [0.3, 0.4) is 0 Å². The van der Waals surface area contributed by atoms with Gasteiger partial charge in [-0.3, -0.25) is 0 Å². The quantitative estimate of drug-likeness (QED) is 0.804. The number of anilines is 1. The number of hydrogen-bond acceptors (Lipinski definition) is 3. The zero-order valence-corrected chi connectivity index (χ0v) is 10.3. The van der Waals surface area contributed by atoms with Gasteiger partial charge >= 0.3 is 0 Å². The molecule has 2 rings (SSSR count). The van der Waals surface area contributed by atoms with Crippen LogP contribution >= 0.6 is 0 Å². The molecule has 0 radical (unpaired) electrons. The Labute approximate surface area is 100 Å². The fraction of sp³-hybridized carbons (Fsp3) is 0.455. The van der Waals surface area contributed by atoms with Gasteiger partial charge in [0, 0.05) is 11.7 Å². The van der Waals surface area contributed by atoms with Crippen molar-refractivity contribution in [2.45, 2.75) is 30.7 Å². The van der Waals surface area contributed by atoms with Crippen LogP contribution in [0.25, 0.3) is 0 Å². The monoisotopic (exact) mass is 258 g/mol. The molecule has 6 heteroatoms. The van der Waals surface area contributed by atoms with E-state index in [1.165, 1.54) is 6.07 Å². The van der Waals surface area contributed by atoms with Crippen molar-refractivity contribution in [3.05, 3.63) is 24.0 Å². The number of nitrogen functional groups attached to an aromatic ring is 1. The lowest BCUT2D eigenvalue weighted by Crippen LogP contribution is -2.34. The Bertz CT molecular complexity index is 526. The maximum absolute atomic E-state index is 13.5. The zero-order valence-electron chi connectivity index (χ0n) is 9.48. The van der Waals surface area contributed by atoms with Crippen molar-refractivity contribution in [2.75, 3.05) is 5.73 Å². The Balaban J connectivity index is 2.27. The van der Waals surface area contributed by atoms with E-state index < -0.39 is 15.8 Å². The first-order chi connectivity index (χ1) is 7.90. The van der Waals surface area contributed by atoms with E-state index >= 15 is 0 Å². The van der Waals surface area contributed by atoms with Gasteiger partial charge in [0.05, 0.1) is 0 Å². The third-order valence-electron chi connectivity index (χ3n) is 2.91. The number of sulfonamides is 1. The molecule has 0 saturated heterocycles. The Hall–Kier alpha value is -1.14. The molecule has 1 aromatic carbocycles. The molecule has 0 heterocycles. The van der Waals surface area contributed by atoms with Gasteiger partial charge in [0.15, 0.2) is 0 Å². The lowest BCUT2D eigenvalue weighted by molar-refractivity contribution is 0.526. The summed E-state index contributed by atoms with van der Waals surface area (Å²) in [6, 6.07) is 3.36. The summed E-state index contributed by atoms with van der Waals surface area (Å²) in [4.78, 5) is -0.384. The first-order valence-corrected chi connectivity index (χ1v) is 6.96. The highest BCUT2D eigenvalue weighted by Crippen LogP contribution is 2.33. The molecule has 1 unspecified atom stereocenters. The molecule has 1 fully saturated rings. The van der Waals surface area contributed by atoms with Crippen molar-refractivity contribution in [1.29, 1.82) is 0 Å². The molecule has 17 heavy (non-hydrogen) atoms. The molecular weight excluding hydrogens is 243 g/mol. The van der Waals surface area contributed by atoms with Gasteiger partial charge in [-0.1, -0.05) is 0 Å². The molecule has 3 N–H and O–H groups in total. The fourth-order valence-corrected chi connectivity index (χ4v) is 3.15. The third-order valence-corrected chi connectivity index (χ3v) is 4.49. The summed E-state index contributed by atoms with van der Waals surface area (Å²) in [7, 11) is -3.82. The summed E-state index contributed by atoms with van der Waals surface area (Å²) in [6.07, 6.45) is 2.03. The molecule has 1 aliphatic carbocycles. The molecule has 1 atom stereocenters. The smallest absolute Gasteiger partial charge is 0.243 e.